The summed E-state index contributed by atoms with van der Waals surface area (Å²) in [6, 6.07) is -0.0472. The maximum absolute atomic E-state index is 12.0. The van der Waals surface area contributed by atoms with E-state index in [0.717, 1.165) is 19.4 Å². The standard InChI is InChI=1S/C14H22N2O3/c1-3-4-7-15-13(17)16-8-5-6-12(11-16)14(2)18-9-10-19-14/h12H,5-11H2,1-2H3,(H,15,17). The second kappa shape index (κ2) is 6.27. The van der Waals surface area contributed by atoms with Gasteiger partial charge in [-0.2, -0.15) is 0 Å². The molecule has 19 heavy (non-hydrogen) atoms. The number of hydrogen-bond donors (Lipinski definition) is 1. The normalized spacial score (nSPS) is 25.6. The number of rotatable bonds is 2. The summed E-state index contributed by atoms with van der Waals surface area (Å²) in [5.74, 6) is 5.31. The summed E-state index contributed by atoms with van der Waals surface area (Å²) in [7, 11) is 0. The van der Waals surface area contributed by atoms with E-state index in [9.17, 15) is 4.79 Å². The molecule has 2 rings (SSSR count). The van der Waals surface area contributed by atoms with Crippen LogP contribution in [-0.2, 0) is 9.47 Å². The van der Waals surface area contributed by atoms with Crippen molar-refractivity contribution < 1.29 is 14.3 Å². The number of amides is 2. The number of ether oxygens (including phenoxy) is 2. The van der Waals surface area contributed by atoms with Crippen molar-refractivity contribution in [3.05, 3.63) is 0 Å². The van der Waals surface area contributed by atoms with Crippen LogP contribution in [0.3, 0.4) is 0 Å². The third-order valence-corrected chi connectivity index (χ3v) is 3.82. The maximum Gasteiger partial charge on any atom is 0.318 e. The predicted octanol–water partition coefficient (Wildman–Crippen LogP) is 1.19. The maximum atomic E-state index is 12.0. The minimum absolute atomic E-state index is 0.0472. The number of likely N-dealkylation sites (tertiary alicyclic amines) is 1. The van der Waals surface area contributed by atoms with Gasteiger partial charge in [0.1, 0.15) is 0 Å². The van der Waals surface area contributed by atoms with Crippen molar-refractivity contribution in [1.29, 1.82) is 0 Å². The van der Waals surface area contributed by atoms with Crippen LogP contribution < -0.4 is 5.32 Å². The molecule has 2 fully saturated rings. The lowest BCUT2D eigenvalue weighted by molar-refractivity contribution is -0.189. The van der Waals surface area contributed by atoms with Gasteiger partial charge in [0.2, 0.25) is 0 Å². The molecule has 5 heteroatoms. The molecule has 1 unspecified atom stereocenters. The van der Waals surface area contributed by atoms with Gasteiger partial charge in [-0.05, 0) is 26.7 Å². The average Bonchev–Trinajstić information content (AvgIpc) is 2.87. The number of carbonyl (C=O) groups excluding carboxylic acids is 1. The Morgan fingerprint density at radius 2 is 2.21 bits per heavy atom. The van der Waals surface area contributed by atoms with E-state index >= 15 is 0 Å². The Hall–Kier alpha value is -1.25. The first-order chi connectivity index (χ1) is 9.15. The van der Waals surface area contributed by atoms with Gasteiger partial charge in [0.25, 0.3) is 0 Å². The lowest BCUT2D eigenvalue weighted by atomic mass is 9.90. The lowest BCUT2D eigenvalue weighted by Crippen LogP contribution is -2.51. The molecule has 2 saturated heterocycles. The van der Waals surface area contributed by atoms with Gasteiger partial charge >= 0.3 is 6.03 Å². The van der Waals surface area contributed by atoms with Gasteiger partial charge in [-0.3, -0.25) is 0 Å². The molecule has 2 aliphatic heterocycles. The third-order valence-electron chi connectivity index (χ3n) is 3.82. The summed E-state index contributed by atoms with van der Waals surface area (Å²) in [6.45, 7) is 6.91. The summed E-state index contributed by atoms with van der Waals surface area (Å²) in [5.41, 5.74) is 0. The van der Waals surface area contributed by atoms with Crippen LogP contribution in [0.1, 0.15) is 26.7 Å². The number of urea groups is 1. The zero-order valence-corrected chi connectivity index (χ0v) is 11.7. The Labute approximate surface area is 114 Å². The van der Waals surface area contributed by atoms with Gasteiger partial charge in [0, 0.05) is 19.0 Å². The van der Waals surface area contributed by atoms with Crippen LogP contribution >= 0.6 is 0 Å². The van der Waals surface area contributed by atoms with E-state index in [1.54, 1.807) is 6.92 Å². The first-order valence-corrected chi connectivity index (χ1v) is 6.86. The molecule has 0 aliphatic carbocycles. The summed E-state index contributed by atoms with van der Waals surface area (Å²) in [4.78, 5) is 13.8. The van der Waals surface area contributed by atoms with E-state index in [0.29, 0.717) is 26.3 Å². The molecule has 1 atom stereocenters. The smallest absolute Gasteiger partial charge is 0.318 e. The van der Waals surface area contributed by atoms with Crippen molar-refractivity contribution >= 4 is 6.03 Å². The van der Waals surface area contributed by atoms with Gasteiger partial charge in [0.05, 0.1) is 19.8 Å². The van der Waals surface area contributed by atoms with Crippen LogP contribution in [0.4, 0.5) is 4.79 Å². The molecule has 2 aliphatic rings. The molecule has 0 saturated carbocycles. The Kier molecular flexibility index (Phi) is 4.67. The van der Waals surface area contributed by atoms with E-state index < -0.39 is 5.79 Å². The average molecular weight is 266 g/mol. The van der Waals surface area contributed by atoms with Crippen LogP contribution in [-0.4, -0.2) is 49.6 Å². The number of hydrogen-bond acceptors (Lipinski definition) is 3. The summed E-state index contributed by atoms with van der Waals surface area (Å²) >= 11 is 0. The highest BCUT2D eigenvalue weighted by atomic mass is 16.7. The molecule has 106 valence electrons. The second-order valence-corrected chi connectivity index (χ2v) is 5.08. The van der Waals surface area contributed by atoms with Gasteiger partial charge in [-0.1, -0.05) is 5.92 Å². The summed E-state index contributed by atoms with van der Waals surface area (Å²) < 4.78 is 11.4. The number of piperidine rings is 1. The van der Waals surface area contributed by atoms with E-state index in [1.807, 2.05) is 11.8 Å². The lowest BCUT2D eigenvalue weighted by Gasteiger charge is -2.39. The SMILES string of the molecule is CC#CCNC(=O)N1CCCC(C2(C)OCCO2)C1. The molecule has 5 nitrogen and oxygen atoms in total. The van der Waals surface area contributed by atoms with Crippen LogP contribution in [0.2, 0.25) is 0 Å². The quantitative estimate of drug-likeness (QED) is 0.764. The topological polar surface area (TPSA) is 50.8 Å². The third kappa shape index (κ3) is 3.40. The van der Waals surface area contributed by atoms with Gasteiger partial charge < -0.3 is 19.7 Å². The zero-order chi connectivity index (χ0) is 13.7. The van der Waals surface area contributed by atoms with Gasteiger partial charge in [-0.15, -0.1) is 5.92 Å². The molecular formula is C14H22N2O3. The summed E-state index contributed by atoms with van der Waals surface area (Å²) in [5, 5.41) is 2.81. The Morgan fingerprint density at radius 1 is 1.47 bits per heavy atom. The summed E-state index contributed by atoms with van der Waals surface area (Å²) in [6.07, 6.45) is 2.02. The number of nitrogens with zero attached hydrogens (tertiary/aromatic N) is 1. The van der Waals surface area contributed by atoms with Gasteiger partial charge in [0.15, 0.2) is 5.79 Å². The second-order valence-electron chi connectivity index (χ2n) is 5.08. The van der Waals surface area contributed by atoms with E-state index in [1.165, 1.54) is 0 Å². The van der Waals surface area contributed by atoms with Crippen molar-refractivity contribution in [1.82, 2.24) is 10.2 Å². The molecular weight excluding hydrogens is 244 g/mol. The van der Waals surface area contributed by atoms with Crippen molar-refractivity contribution in [2.24, 2.45) is 5.92 Å². The fourth-order valence-electron chi connectivity index (χ4n) is 2.68. The van der Waals surface area contributed by atoms with Crippen LogP contribution in [0, 0.1) is 17.8 Å². The predicted molar refractivity (Wildman–Crippen MR) is 71.5 cm³/mol. The fourth-order valence-corrected chi connectivity index (χ4v) is 2.68. The Morgan fingerprint density at radius 3 is 2.89 bits per heavy atom. The minimum Gasteiger partial charge on any atom is -0.347 e. The number of carbonyl (C=O) groups is 1. The first-order valence-electron chi connectivity index (χ1n) is 6.86. The molecule has 0 bridgehead atoms. The molecule has 0 radical (unpaired) electrons. The molecule has 0 aromatic rings. The molecule has 0 spiro atoms. The largest absolute Gasteiger partial charge is 0.347 e. The monoisotopic (exact) mass is 266 g/mol. The highest BCUT2D eigenvalue weighted by Crippen LogP contribution is 2.33. The highest BCUT2D eigenvalue weighted by Gasteiger charge is 2.42. The van der Waals surface area contributed by atoms with E-state index in [4.69, 9.17) is 9.47 Å². The van der Waals surface area contributed by atoms with Crippen LogP contribution in [0.15, 0.2) is 0 Å². The molecule has 2 amide bonds. The van der Waals surface area contributed by atoms with Gasteiger partial charge in [-0.25, -0.2) is 4.79 Å². The molecule has 0 aromatic carbocycles. The van der Waals surface area contributed by atoms with Crippen molar-refractivity contribution in [2.45, 2.75) is 32.5 Å². The van der Waals surface area contributed by atoms with Crippen LogP contribution in [0.5, 0.6) is 0 Å². The van der Waals surface area contributed by atoms with Crippen molar-refractivity contribution in [3.8, 4) is 11.8 Å². The van der Waals surface area contributed by atoms with Crippen molar-refractivity contribution in [2.75, 3.05) is 32.8 Å². The van der Waals surface area contributed by atoms with Crippen molar-refractivity contribution in [3.63, 3.8) is 0 Å². The fraction of sp³-hybridized carbons (Fsp3) is 0.786. The zero-order valence-electron chi connectivity index (χ0n) is 11.7. The highest BCUT2D eigenvalue weighted by molar-refractivity contribution is 5.74. The minimum atomic E-state index is -0.526. The number of nitrogens with one attached hydrogen (secondary N) is 1. The Bertz CT molecular complexity index is 380. The first kappa shape index (κ1) is 14.2. The Balaban J connectivity index is 1.89. The molecule has 1 N–H and O–H groups in total. The van der Waals surface area contributed by atoms with E-state index in [-0.39, 0.29) is 11.9 Å². The molecule has 2 heterocycles. The van der Waals surface area contributed by atoms with Crippen LogP contribution in [0.25, 0.3) is 0 Å². The van der Waals surface area contributed by atoms with E-state index in [2.05, 4.69) is 17.2 Å². The molecule has 0 aromatic heterocycles.